The van der Waals surface area contributed by atoms with Crippen LogP contribution in [0.3, 0.4) is 0 Å². The number of nitrogens with zero attached hydrogens (tertiary/aromatic N) is 2. The molecule has 0 fully saturated rings. The maximum absolute atomic E-state index is 13.3. The van der Waals surface area contributed by atoms with Crippen LogP contribution in [0.2, 0.25) is 0 Å². The first kappa shape index (κ1) is 26.3. The first-order chi connectivity index (χ1) is 17.6. The lowest BCUT2D eigenvalue weighted by atomic mass is 10.1. The van der Waals surface area contributed by atoms with Gasteiger partial charge in [0.25, 0.3) is 0 Å². The molecule has 3 aromatic rings. The van der Waals surface area contributed by atoms with E-state index in [9.17, 15) is 9.18 Å². The number of aromatic nitrogens is 1. The smallest absolute Gasteiger partial charge is 0.198 e. The average molecular weight is 510 g/mol. The molecule has 5 nitrogen and oxygen atoms in total. The van der Waals surface area contributed by atoms with E-state index in [4.69, 9.17) is 4.84 Å². The molecule has 1 N–H and O–H groups in total. The summed E-state index contributed by atoms with van der Waals surface area (Å²) in [5.41, 5.74) is 1.86. The van der Waals surface area contributed by atoms with Crippen LogP contribution < -0.4 is 10.7 Å². The van der Waals surface area contributed by atoms with Crippen LogP contribution in [0, 0.1) is 5.82 Å². The number of halogens is 1. The van der Waals surface area contributed by atoms with Gasteiger partial charge in [-0.3, -0.25) is 4.79 Å². The number of para-hydroxylation sites is 1. The highest BCUT2D eigenvalue weighted by atomic mass is 32.2. The SMILES string of the molecule is CCCCCCCCCCC1NC(Cn2c(SCc3ccc(F)cc3)cc(=O)c3ccccc32)=NO1. The van der Waals surface area contributed by atoms with E-state index in [2.05, 4.69) is 22.0 Å². The van der Waals surface area contributed by atoms with Crippen molar-refractivity contribution in [3.8, 4) is 0 Å². The number of pyridine rings is 1. The van der Waals surface area contributed by atoms with E-state index in [1.54, 1.807) is 30.0 Å². The van der Waals surface area contributed by atoms with Crippen molar-refractivity contribution in [2.24, 2.45) is 5.16 Å². The van der Waals surface area contributed by atoms with Crippen molar-refractivity contribution in [1.29, 1.82) is 0 Å². The second kappa shape index (κ2) is 13.5. The van der Waals surface area contributed by atoms with Gasteiger partial charge in [0.2, 0.25) is 0 Å². The van der Waals surface area contributed by atoms with Crippen LogP contribution >= 0.6 is 11.8 Å². The van der Waals surface area contributed by atoms with E-state index in [1.807, 2.05) is 24.3 Å². The van der Waals surface area contributed by atoms with Gasteiger partial charge in [-0.05, 0) is 36.2 Å². The van der Waals surface area contributed by atoms with Gasteiger partial charge in [-0.25, -0.2) is 4.39 Å². The van der Waals surface area contributed by atoms with Gasteiger partial charge in [0.15, 0.2) is 17.5 Å². The molecule has 192 valence electrons. The van der Waals surface area contributed by atoms with E-state index >= 15 is 0 Å². The minimum Gasteiger partial charge on any atom is -0.369 e. The van der Waals surface area contributed by atoms with Crippen LogP contribution in [0.1, 0.15) is 70.3 Å². The molecule has 0 spiro atoms. The Hall–Kier alpha value is -2.80. The van der Waals surface area contributed by atoms with Gasteiger partial charge in [-0.2, -0.15) is 0 Å². The van der Waals surface area contributed by atoms with Crippen molar-refractivity contribution in [3.05, 3.63) is 76.2 Å². The largest absolute Gasteiger partial charge is 0.369 e. The number of benzene rings is 2. The van der Waals surface area contributed by atoms with Crippen LogP contribution in [0.5, 0.6) is 0 Å². The number of unbranched alkanes of at least 4 members (excludes halogenated alkanes) is 7. The van der Waals surface area contributed by atoms with Crippen LogP contribution in [-0.4, -0.2) is 16.6 Å². The van der Waals surface area contributed by atoms with Gasteiger partial charge < -0.3 is 14.7 Å². The Morgan fingerprint density at radius 1 is 1.00 bits per heavy atom. The van der Waals surface area contributed by atoms with Crippen LogP contribution in [0.15, 0.2) is 69.6 Å². The molecule has 0 bridgehead atoms. The number of rotatable bonds is 14. The highest BCUT2D eigenvalue weighted by molar-refractivity contribution is 7.98. The fourth-order valence-corrected chi connectivity index (χ4v) is 5.52. The van der Waals surface area contributed by atoms with Gasteiger partial charge in [0, 0.05) is 23.6 Å². The monoisotopic (exact) mass is 509 g/mol. The van der Waals surface area contributed by atoms with Crippen LogP contribution in [0.25, 0.3) is 10.9 Å². The third-order valence-electron chi connectivity index (χ3n) is 6.53. The Morgan fingerprint density at radius 3 is 2.50 bits per heavy atom. The summed E-state index contributed by atoms with van der Waals surface area (Å²) in [6.07, 6.45) is 11.1. The summed E-state index contributed by atoms with van der Waals surface area (Å²) in [5.74, 6) is 1.14. The highest BCUT2D eigenvalue weighted by Crippen LogP contribution is 2.26. The lowest BCUT2D eigenvalue weighted by Crippen LogP contribution is -2.32. The third kappa shape index (κ3) is 7.36. The van der Waals surface area contributed by atoms with Gasteiger partial charge >= 0.3 is 0 Å². The maximum Gasteiger partial charge on any atom is 0.198 e. The fourth-order valence-electron chi connectivity index (χ4n) is 4.50. The number of amidine groups is 1. The zero-order valence-electron chi connectivity index (χ0n) is 21.0. The average Bonchev–Trinajstić information content (AvgIpc) is 3.34. The Kier molecular flexibility index (Phi) is 9.84. The van der Waals surface area contributed by atoms with E-state index in [0.29, 0.717) is 17.7 Å². The molecule has 36 heavy (non-hydrogen) atoms. The predicted octanol–water partition coefficient (Wildman–Crippen LogP) is 7.22. The number of hydrogen-bond donors (Lipinski definition) is 1. The van der Waals surface area contributed by atoms with E-state index < -0.39 is 0 Å². The summed E-state index contributed by atoms with van der Waals surface area (Å²) in [5, 5.41) is 9.26. The summed E-state index contributed by atoms with van der Waals surface area (Å²) < 4.78 is 15.4. The maximum atomic E-state index is 13.3. The second-order valence-electron chi connectivity index (χ2n) is 9.41. The van der Waals surface area contributed by atoms with Crippen LogP contribution in [0.4, 0.5) is 4.39 Å². The van der Waals surface area contributed by atoms with E-state index in [-0.39, 0.29) is 17.5 Å². The van der Waals surface area contributed by atoms with Crippen molar-refractivity contribution in [1.82, 2.24) is 9.88 Å². The fraction of sp³-hybridized carbons (Fsp3) is 0.448. The molecule has 1 aromatic heterocycles. The summed E-state index contributed by atoms with van der Waals surface area (Å²) >= 11 is 1.56. The summed E-state index contributed by atoms with van der Waals surface area (Å²) in [6, 6.07) is 15.8. The minimum atomic E-state index is -0.252. The quantitative estimate of drug-likeness (QED) is 0.184. The molecule has 0 amide bonds. The van der Waals surface area contributed by atoms with Crippen molar-refractivity contribution in [2.75, 3.05) is 0 Å². The summed E-state index contributed by atoms with van der Waals surface area (Å²) in [7, 11) is 0. The molecular weight excluding hydrogens is 473 g/mol. The minimum absolute atomic E-state index is 0.00593. The molecule has 0 saturated carbocycles. The van der Waals surface area contributed by atoms with Gasteiger partial charge in [0.1, 0.15) is 5.82 Å². The second-order valence-corrected chi connectivity index (χ2v) is 10.4. The summed E-state index contributed by atoms with van der Waals surface area (Å²) in [4.78, 5) is 18.5. The summed E-state index contributed by atoms with van der Waals surface area (Å²) in [6.45, 7) is 2.74. The van der Waals surface area contributed by atoms with Gasteiger partial charge in [-0.15, -0.1) is 11.8 Å². The number of fused-ring (bicyclic) bond motifs is 1. The zero-order chi connectivity index (χ0) is 25.2. The topological polar surface area (TPSA) is 55.6 Å². The lowest BCUT2D eigenvalue weighted by molar-refractivity contribution is 0.0645. The van der Waals surface area contributed by atoms with Gasteiger partial charge in [-0.1, -0.05) is 81.3 Å². The van der Waals surface area contributed by atoms with E-state index in [0.717, 1.165) is 34.8 Å². The molecule has 0 radical (unpaired) electrons. The standard InChI is InChI=1S/C29H36FN3O2S/c1-2-3-4-5-6-7-8-9-14-28-31-27(32-35-28)20-33-25-13-11-10-12-24(25)26(34)19-29(33)36-21-22-15-17-23(30)18-16-22/h10-13,15-19,28H,2-9,14,20-21H2,1H3,(H,31,32). The van der Waals surface area contributed by atoms with Crippen molar-refractivity contribution >= 4 is 28.5 Å². The highest BCUT2D eigenvalue weighted by Gasteiger charge is 2.21. The Balaban J connectivity index is 1.36. The van der Waals surface area contributed by atoms with Crippen molar-refractivity contribution < 1.29 is 9.23 Å². The normalized spacial score (nSPS) is 15.1. The van der Waals surface area contributed by atoms with Gasteiger partial charge in [0.05, 0.1) is 17.1 Å². The predicted molar refractivity (Wildman–Crippen MR) is 147 cm³/mol. The lowest BCUT2D eigenvalue weighted by Gasteiger charge is -2.17. The zero-order valence-corrected chi connectivity index (χ0v) is 21.9. The molecule has 2 heterocycles. The third-order valence-corrected chi connectivity index (χ3v) is 7.64. The molecule has 0 aliphatic carbocycles. The molecule has 2 aromatic carbocycles. The number of oxime groups is 1. The molecular formula is C29H36FN3O2S. The number of nitrogens with one attached hydrogen (secondary N) is 1. The molecule has 4 rings (SSSR count). The van der Waals surface area contributed by atoms with Crippen molar-refractivity contribution in [2.45, 2.75) is 88.3 Å². The van der Waals surface area contributed by atoms with Crippen LogP contribution in [-0.2, 0) is 17.1 Å². The molecule has 1 unspecified atom stereocenters. The molecule has 1 atom stereocenters. The molecule has 0 saturated heterocycles. The Bertz CT molecular complexity index is 1210. The van der Waals surface area contributed by atoms with E-state index in [1.165, 1.54) is 57.1 Å². The molecule has 1 aliphatic rings. The first-order valence-electron chi connectivity index (χ1n) is 13.1. The Morgan fingerprint density at radius 2 is 1.72 bits per heavy atom. The Labute approximate surface area is 217 Å². The number of hydrogen-bond acceptors (Lipinski definition) is 5. The first-order valence-corrected chi connectivity index (χ1v) is 14.1. The molecule has 7 heteroatoms. The number of thioether (sulfide) groups is 1. The molecule has 1 aliphatic heterocycles. The van der Waals surface area contributed by atoms with Crippen molar-refractivity contribution in [3.63, 3.8) is 0 Å².